The quantitative estimate of drug-likeness (QED) is 0.726. The molecule has 1 heterocycles. The van der Waals surface area contributed by atoms with Crippen LogP contribution in [0.25, 0.3) is 0 Å². The molecular formula is C11H14ClN3O. The number of para-hydroxylation sites is 1. The van der Waals surface area contributed by atoms with Crippen LogP contribution in [0.3, 0.4) is 0 Å². The van der Waals surface area contributed by atoms with Crippen molar-refractivity contribution in [3.05, 3.63) is 23.2 Å². The van der Waals surface area contributed by atoms with E-state index >= 15 is 0 Å². The van der Waals surface area contributed by atoms with Crippen molar-refractivity contribution < 1.29 is 4.79 Å². The normalized spacial score (nSPS) is 20.8. The number of nitrogen functional groups attached to an aromatic ring is 1. The molecule has 0 bridgehead atoms. The zero-order chi connectivity index (χ0) is 11.7. The van der Waals surface area contributed by atoms with E-state index in [-0.39, 0.29) is 11.9 Å². The van der Waals surface area contributed by atoms with Gasteiger partial charge in [0.2, 0.25) is 5.91 Å². The monoisotopic (exact) mass is 239 g/mol. The molecule has 1 fully saturated rings. The zero-order valence-corrected chi connectivity index (χ0v) is 9.79. The molecule has 1 unspecified atom stereocenters. The Labute approximate surface area is 99.4 Å². The van der Waals surface area contributed by atoms with E-state index in [2.05, 4.69) is 5.32 Å². The maximum atomic E-state index is 11.5. The molecule has 5 heteroatoms. The zero-order valence-electron chi connectivity index (χ0n) is 9.03. The van der Waals surface area contributed by atoms with E-state index in [1.165, 1.54) is 0 Å². The molecule has 0 radical (unpaired) electrons. The minimum atomic E-state index is -0.213. The van der Waals surface area contributed by atoms with Gasteiger partial charge in [0.15, 0.2) is 0 Å². The molecule has 1 aliphatic rings. The predicted molar refractivity (Wildman–Crippen MR) is 65.7 cm³/mol. The molecular weight excluding hydrogens is 226 g/mol. The van der Waals surface area contributed by atoms with Gasteiger partial charge in [-0.2, -0.15) is 0 Å². The first-order chi connectivity index (χ1) is 7.61. The van der Waals surface area contributed by atoms with E-state index in [1.807, 2.05) is 24.0 Å². The SMILES string of the molecule is CC1C(=O)NCCN1c1cccc(Cl)c1N. The van der Waals surface area contributed by atoms with Crippen molar-refractivity contribution in [2.24, 2.45) is 0 Å². The molecule has 0 spiro atoms. The highest BCUT2D eigenvalue weighted by Crippen LogP contribution is 2.31. The van der Waals surface area contributed by atoms with Gasteiger partial charge in [0.1, 0.15) is 6.04 Å². The number of nitrogens with zero attached hydrogens (tertiary/aromatic N) is 1. The van der Waals surface area contributed by atoms with Gasteiger partial charge in [-0.1, -0.05) is 17.7 Å². The Balaban J connectivity index is 2.36. The van der Waals surface area contributed by atoms with Crippen LogP contribution in [0.2, 0.25) is 5.02 Å². The molecule has 1 aliphatic heterocycles. The summed E-state index contributed by atoms with van der Waals surface area (Å²) in [5.74, 6) is 0.0191. The summed E-state index contributed by atoms with van der Waals surface area (Å²) in [5.41, 5.74) is 7.28. The molecule has 1 amide bonds. The molecule has 4 nitrogen and oxygen atoms in total. The minimum Gasteiger partial charge on any atom is -0.396 e. The number of nitrogens with two attached hydrogens (primary N) is 1. The topological polar surface area (TPSA) is 58.4 Å². The number of nitrogens with one attached hydrogen (secondary N) is 1. The van der Waals surface area contributed by atoms with Gasteiger partial charge in [-0.3, -0.25) is 4.79 Å². The average Bonchev–Trinajstić information content (AvgIpc) is 2.27. The van der Waals surface area contributed by atoms with Crippen LogP contribution in [0, 0.1) is 0 Å². The summed E-state index contributed by atoms with van der Waals surface area (Å²) in [6.07, 6.45) is 0. The highest BCUT2D eigenvalue weighted by Gasteiger charge is 2.26. The Morgan fingerprint density at radius 3 is 3.06 bits per heavy atom. The fraction of sp³-hybridized carbons (Fsp3) is 0.364. The van der Waals surface area contributed by atoms with Gasteiger partial charge in [0, 0.05) is 13.1 Å². The Kier molecular flexibility index (Phi) is 2.92. The number of halogens is 1. The lowest BCUT2D eigenvalue weighted by Gasteiger charge is -2.35. The molecule has 16 heavy (non-hydrogen) atoms. The van der Waals surface area contributed by atoms with Crippen molar-refractivity contribution in [1.82, 2.24) is 5.32 Å². The van der Waals surface area contributed by atoms with Crippen molar-refractivity contribution >= 4 is 28.9 Å². The smallest absolute Gasteiger partial charge is 0.242 e. The lowest BCUT2D eigenvalue weighted by Crippen LogP contribution is -2.54. The number of carbonyl (C=O) groups is 1. The summed E-state index contributed by atoms with van der Waals surface area (Å²) >= 11 is 5.96. The van der Waals surface area contributed by atoms with Gasteiger partial charge in [0.05, 0.1) is 16.4 Å². The number of piperazine rings is 1. The van der Waals surface area contributed by atoms with E-state index in [1.54, 1.807) is 6.07 Å². The van der Waals surface area contributed by atoms with Crippen LogP contribution in [-0.4, -0.2) is 25.0 Å². The van der Waals surface area contributed by atoms with Gasteiger partial charge in [-0.05, 0) is 19.1 Å². The molecule has 0 aromatic heterocycles. The van der Waals surface area contributed by atoms with Crippen molar-refractivity contribution in [3.8, 4) is 0 Å². The van der Waals surface area contributed by atoms with Gasteiger partial charge < -0.3 is 16.0 Å². The largest absolute Gasteiger partial charge is 0.396 e. The minimum absolute atomic E-state index is 0.0191. The van der Waals surface area contributed by atoms with E-state index in [9.17, 15) is 4.79 Å². The first kappa shape index (κ1) is 11.1. The van der Waals surface area contributed by atoms with Gasteiger partial charge >= 0.3 is 0 Å². The number of carbonyl (C=O) groups excluding carboxylic acids is 1. The van der Waals surface area contributed by atoms with E-state index in [0.29, 0.717) is 17.3 Å². The molecule has 1 saturated heterocycles. The maximum Gasteiger partial charge on any atom is 0.242 e. The molecule has 3 N–H and O–H groups in total. The summed E-state index contributed by atoms with van der Waals surface area (Å²) in [6.45, 7) is 3.24. The van der Waals surface area contributed by atoms with Crippen molar-refractivity contribution in [3.63, 3.8) is 0 Å². The molecule has 1 atom stereocenters. The third-order valence-electron chi connectivity index (χ3n) is 2.84. The van der Waals surface area contributed by atoms with E-state index in [4.69, 9.17) is 17.3 Å². The van der Waals surface area contributed by atoms with Crippen LogP contribution >= 0.6 is 11.6 Å². The highest BCUT2D eigenvalue weighted by atomic mass is 35.5. The Hall–Kier alpha value is -1.42. The third-order valence-corrected chi connectivity index (χ3v) is 3.17. The molecule has 0 aliphatic carbocycles. The van der Waals surface area contributed by atoms with Crippen LogP contribution in [0.4, 0.5) is 11.4 Å². The second-order valence-corrected chi connectivity index (χ2v) is 4.24. The number of hydrogen-bond acceptors (Lipinski definition) is 3. The number of hydrogen-bond donors (Lipinski definition) is 2. The van der Waals surface area contributed by atoms with Gasteiger partial charge in [-0.25, -0.2) is 0 Å². The number of amides is 1. The average molecular weight is 240 g/mol. The van der Waals surface area contributed by atoms with Crippen molar-refractivity contribution in [2.45, 2.75) is 13.0 Å². The number of rotatable bonds is 1. The summed E-state index contributed by atoms with van der Waals surface area (Å²) < 4.78 is 0. The second kappa shape index (κ2) is 4.22. The standard InChI is InChI=1S/C11H14ClN3O/c1-7-11(16)14-5-6-15(7)9-4-2-3-8(12)10(9)13/h2-4,7H,5-6,13H2,1H3,(H,14,16). The van der Waals surface area contributed by atoms with E-state index < -0.39 is 0 Å². The fourth-order valence-electron chi connectivity index (χ4n) is 1.89. The first-order valence-electron chi connectivity index (χ1n) is 5.19. The van der Waals surface area contributed by atoms with Crippen LogP contribution < -0.4 is 16.0 Å². The number of benzene rings is 1. The Bertz CT molecular complexity index is 422. The van der Waals surface area contributed by atoms with E-state index in [0.717, 1.165) is 12.2 Å². The molecule has 1 aromatic rings. The third kappa shape index (κ3) is 1.80. The summed E-state index contributed by atoms with van der Waals surface area (Å²) in [4.78, 5) is 13.5. The number of anilines is 2. The second-order valence-electron chi connectivity index (χ2n) is 3.83. The van der Waals surface area contributed by atoms with Crippen molar-refractivity contribution in [1.29, 1.82) is 0 Å². The summed E-state index contributed by atoms with van der Waals surface area (Å²) in [6, 6.07) is 5.26. The first-order valence-corrected chi connectivity index (χ1v) is 5.57. The molecule has 86 valence electrons. The Morgan fingerprint density at radius 2 is 2.31 bits per heavy atom. The fourth-order valence-corrected chi connectivity index (χ4v) is 2.06. The molecule has 1 aromatic carbocycles. The van der Waals surface area contributed by atoms with Gasteiger partial charge in [0.25, 0.3) is 0 Å². The highest BCUT2D eigenvalue weighted by molar-refractivity contribution is 6.33. The molecule has 2 rings (SSSR count). The summed E-state index contributed by atoms with van der Waals surface area (Å²) in [7, 11) is 0. The predicted octanol–water partition coefficient (Wildman–Crippen LogP) is 1.25. The molecule has 0 saturated carbocycles. The van der Waals surface area contributed by atoms with Crippen LogP contribution in [0.1, 0.15) is 6.92 Å². The van der Waals surface area contributed by atoms with Crippen molar-refractivity contribution in [2.75, 3.05) is 23.7 Å². The van der Waals surface area contributed by atoms with Crippen LogP contribution in [0.15, 0.2) is 18.2 Å². The van der Waals surface area contributed by atoms with Crippen LogP contribution in [-0.2, 0) is 4.79 Å². The maximum absolute atomic E-state index is 11.5. The van der Waals surface area contributed by atoms with Gasteiger partial charge in [-0.15, -0.1) is 0 Å². The Morgan fingerprint density at radius 1 is 1.56 bits per heavy atom. The summed E-state index contributed by atoms with van der Waals surface area (Å²) in [5, 5.41) is 3.33. The lowest BCUT2D eigenvalue weighted by molar-refractivity contribution is -0.122. The lowest BCUT2D eigenvalue weighted by atomic mass is 10.1. The van der Waals surface area contributed by atoms with Crippen LogP contribution in [0.5, 0.6) is 0 Å².